The molecule has 0 fully saturated rings. The van der Waals surface area contributed by atoms with Crippen molar-refractivity contribution in [3.63, 3.8) is 0 Å². The largest absolute Gasteiger partial charge is 0.397 e. The molecule has 0 amide bonds. The molecule has 0 spiro atoms. The second kappa shape index (κ2) is 4.80. The van der Waals surface area contributed by atoms with E-state index >= 15 is 0 Å². The predicted molar refractivity (Wildman–Crippen MR) is 77.8 cm³/mol. The minimum Gasteiger partial charge on any atom is -0.397 e. The predicted octanol–water partition coefficient (Wildman–Crippen LogP) is 4.39. The molecule has 0 unspecified atom stereocenters. The molecule has 0 saturated heterocycles. The molecule has 88 valence electrons. The summed E-state index contributed by atoms with van der Waals surface area (Å²) in [6, 6.07) is 12.2. The maximum atomic E-state index is 5.95. The van der Waals surface area contributed by atoms with Crippen LogP contribution in [0.25, 0.3) is 0 Å². The number of nitrogens with one attached hydrogen (secondary N) is 1. The van der Waals surface area contributed by atoms with Gasteiger partial charge in [-0.05, 0) is 55.3 Å². The Bertz CT molecular complexity index is 530. The van der Waals surface area contributed by atoms with Crippen molar-refractivity contribution in [2.24, 2.45) is 0 Å². The van der Waals surface area contributed by atoms with Crippen molar-refractivity contribution < 1.29 is 0 Å². The molecular formula is C14H15BrN2. The zero-order valence-corrected chi connectivity index (χ0v) is 11.5. The quantitative estimate of drug-likeness (QED) is 0.805. The molecule has 0 aliphatic heterocycles. The summed E-state index contributed by atoms with van der Waals surface area (Å²) in [5.74, 6) is 0. The molecule has 0 radical (unpaired) electrons. The zero-order valence-electron chi connectivity index (χ0n) is 9.92. The van der Waals surface area contributed by atoms with E-state index in [2.05, 4.69) is 53.3 Å². The first-order valence-electron chi connectivity index (χ1n) is 5.45. The molecule has 2 aromatic carbocycles. The minimum atomic E-state index is 0.735. The number of benzene rings is 2. The van der Waals surface area contributed by atoms with Gasteiger partial charge in [-0.15, -0.1) is 0 Å². The van der Waals surface area contributed by atoms with E-state index in [1.165, 1.54) is 11.1 Å². The summed E-state index contributed by atoms with van der Waals surface area (Å²) < 4.78 is 0.987. The van der Waals surface area contributed by atoms with Crippen LogP contribution in [0.1, 0.15) is 11.1 Å². The smallest absolute Gasteiger partial charge is 0.0618 e. The van der Waals surface area contributed by atoms with Crippen LogP contribution in [0.5, 0.6) is 0 Å². The summed E-state index contributed by atoms with van der Waals surface area (Å²) in [6.07, 6.45) is 0. The van der Waals surface area contributed by atoms with Crippen LogP contribution >= 0.6 is 15.9 Å². The van der Waals surface area contributed by atoms with Crippen molar-refractivity contribution in [3.05, 3.63) is 52.0 Å². The Morgan fingerprint density at radius 3 is 2.24 bits per heavy atom. The third-order valence-electron chi connectivity index (χ3n) is 2.51. The van der Waals surface area contributed by atoms with E-state index in [9.17, 15) is 0 Å². The van der Waals surface area contributed by atoms with E-state index in [4.69, 9.17) is 5.73 Å². The van der Waals surface area contributed by atoms with Gasteiger partial charge < -0.3 is 11.1 Å². The highest BCUT2D eigenvalue weighted by atomic mass is 79.9. The molecule has 2 rings (SSSR count). The first-order chi connectivity index (χ1) is 8.04. The van der Waals surface area contributed by atoms with Crippen molar-refractivity contribution >= 4 is 33.0 Å². The number of anilines is 3. The van der Waals surface area contributed by atoms with E-state index < -0.39 is 0 Å². The molecule has 0 heterocycles. The minimum absolute atomic E-state index is 0.735. The number of rotatable bonds is 2. The van der Waals surface area contributed by atoms with Gasteiger partial charge in [-0.3, -0.25) is 0 Å². The average Bonchev–Trinajstić information content (AvgIpc) is 2.21. The Balaban J connectivity index is 2.31. The van der Waals surface area contributed by atoms with Crippen molar-refractivity contribution in [3.8, 4) is 0 Å². The Hall–Kier alpha value is -1.48. The fourth-order valence-electron chi connectivity index (χ4n) is 1.85. The van der Waals surface area contributed by atoms with Gasteiger partial charge in [0, 0.05) is 10.2 Å². The first-order valence-corrected chi connectivity index (χ1v) is 6.24. The van der Waals surface area contributed by atoms with Gasteiger partial charge in [-0.25, -0.2) is 0 Å². The normalized spacial score (nSPS) is 10.3. The SMILES string of the molecule is Cc1cc(C)cc(Nc2ccc(Br)cc2N)c1. The maximum absolute atomic E-state index is 5.95. The molecule has 0 atom stereocenters. The highest BCUT2D eigenvalue weighted by molar-refractivity contribution is 9.10. The molecular weight excluding hydrogens is 276 g/mol. The van der Waals surface area contributed by atoms with Crippen LogP contribution in [-0.4, -0.2) is 0 Å². The third kappa shape index (κ3) is 3.01. The molecule has 2 aromatic rings. The van der Waals surface area contributed by atoms with E-state index in [-0.39, 0.29) is 0 Å². The van der Waals surface area contributed by atoms with E-state index in [1.54, 1.807) is 0 Å². The van der Waals surface area contributed by atoms with Gasteiger partial charge >= 0.3 is 0 Å². The number of hydrogen-bond donors (Lipinski definition) is 2. The highest BCUT2D eigenvalue weighted by Gasteiger charge is 2.01. The number of aryl methyl sites for hydroxylation is 2. The highest BCUT2D eigenvalue weighted by Crippen LogP contribution is 2.27. The van der Waals surface area contributed by atoms with Crippen LogP contribution in [0, 0.1) is 13.8 Å². The van der Waals surface area contributed by atoms with E-state index in [1.807, 2.05) is 18.2 Å². The summed E-state index contributed by atoms with van der Waals surface area (Å²) in [6.45, 7) is 4.17. The van der Waals surface area contributed by atoms with Gasteiger partial charge in [0.15, 0.2) is 0 Å². The van der Waals surface area contributed by atoms with Gasteiger partial charge in [0.05, 0.1) is 11.4 Å². The molecule has 3 heteroatoms. The molecule has 0 saturated carbocycles. The lowest BCUT2D eigenvalue weighted by molar-refractivity contribution is 1.37. The fraction of sp³-hybridized carbons (Fsp3) is 0.143. The van der Waals surface area contributed by atoms with Gasteiger partial charge in [0.1, 0.15) is 0 Å². The van der Waals surface area contributed by atoms with Crippen LogP contribution in [0.4, 0.5) is 17.1 Å². The van der Waals surface area contributed by atoms with Crippen LogP contribution in [0.15, 0.2) is 40.9 Å². The summed E-state index contributed by atoms with van der Waals surface area (Å²) in [5.41, 5.74) is 11.2. The summed E-state index contributed by atoms with van der Waals surface area (Å²) in [5, 5.41) is 3.34. The molecule has 0 bridgehead atoms. The number of hydrogen-bond acceptors (Lipinski definition) is 2. The van der Waals surface area contributed by atoms with E-state index in [0.717, 1.165) is 21.5 Å². The summed E-state index contributed by atoms with van der Waals surface area (Å²) in [7, 11) is 0. The Morgan fingerprint density at radius 2 is 1.65 bits per heavy atom. The summed E-state index contributed by atoms with van der Waals surface area (Å²) >= 11 is 3.40. The lowest BCUT2D eigenvalue weighted by Crippen LogP contribution is -1.96. The van der Waals surface area contributed by atoms with Crippen LogP contribution in [0.2, 0.25) is 0 Å². The lowest BCUT2D eigenvalue weighted by atomic mass is 10.1. The van der Waals surface area contributed by atoms with Crippen LogP contribution < -0.4 is 11.1 Å². The second-order valence-electron chi connectivity index (χ2n) is 4.23. The van der Waals surface area contributed by atoms with Gasteiger partial charge in [0.2, 0.25) is 0 Å². The molecule has 17 heavy (non-hydrogen) atoms. The average molecular weight is 291 g/mol. The number of halogens is 1. The van der Waals surface area contributed by atoms with Gasteiger partial charge in [-0.1, -0.05) is 22.0 Å². The topological polar surface area (TPSA) is 38.0 Å². The molecule has 0 aliphatic carbocycles. The van der Waals surface area contributed by atoms with Crippen molar-refractivity contribution in [2.75, 3.05) is 11.1 Å². The maximum Gasteiger partial charge on any atom is 0.0618 e. The summed E-state index contributed by atoms with van der Waals surface area (Å²) in [4.78, 5) is 0. The Morgan fingerprint density at radius 1 is 1.00 bits per heavy atom. The number of nitrogens with two attached hydrogens (primary N) is 1. The lowest BCUT2D eigenvalue weighted by Gasteiger charge is -2.11. The molecule has 0 aromatic heterocycles. The second-order valence-corrected chi connectivity index (χ2v) is 5.15. The molecule has 0 aliphatic rings. The van der Waals surface area contributed by atoms with Crippen LogP contribution in [-0.2, 0) is 0 Å². The Labute approximate surface area is 110 Å². The van der Waals surface area contributed by atoms with Gasteiger partial charge in [0.25, 0.3) is 0 Å². The third-order valence-corrected chi connectivity index (χ3v) is 3.01. The van der Waals surface area contributed by atoms with Crippen molar-refractivity contribution in [1.29, 1.82) is 0 Å². The standard InChI is InChI=1S/C14H15BrN2/c1-9-5-10(2)7-12(6-9)17-14-4-3-11(15)8-13(14)16/h3-8,17H,16H2,1-2H3. The first kappa shape index (κ1) is 12.0. The number of nitrogen functional groups attached to an aromatic ring is 1. The monoisotopic (exact) mass is 290 g/mol. The molecule has 3 N–H and O–H groups in total. The van der Waals surface area contributed by atoms with Crippen molar-refractivity contribution in [1.82, 2.24) is 0 Å². The Kier molecular flexibility index (Phi) is 3.38. The zero-order chi connectivity index (χ0) is 12.4. The van der Waals surface area contributed by atoms with E-state index in [0.29, 0.717) is 0 Å². The van der Waals surface area contributed by atoms with Gasteiger partial charge in [-0.2, -0.15) is 0 Å². The van der Waals surface area contributed by atoms with Crippen molar-refractivity contribution in [2.45, 2.75) is 13.8 Å². The van der Waals surface area contributed by atoms with Crippen LogP contribution in [0.3, 0.4) is 0 Å². The fourth-order valence-corrected chi connectivity index (χ4v) is 2.23. The molecule has 2 nitrogen and oxygen atoms in total.